The van der Waals surface area contributed by atoms with E-state index < -0.39 is 0 Å². The van der Waals surface area contributed by atoms with E-state index in [4.69, 9.17) is 0 Å². The summed E-state index contributed by atoms with van der Waals surface area (Å²) in [5, 5.41) is 0. The van der Waals surface area contributed by atoms with Gasteiger partial charge in [0.05, 0.1) is 0 Å². The molecule has 0 saturated carbocycles. The van der Waals surface area contributed by atoms with Crippen LogP contribution in [0.5, 0.6) is 0 Å². The maximum Gasteiger partial charge on any atom is 0.219 e. The molecule has 0 aromatic carbocycles. The van der Waals surface area contributed by atoms with Crippen LogP contribution in [0.2, 0.25) is 0 Å². The molecule has 3 rings (SSSR count). The number of hydrogen-bond acceptors (Lipinski definition) is 4. The van der Waals surface area contributed by atoms with Crippen molar-refractivity contribution in [2.24, 2.45) is 0 Å². The monoisotopic (exact) mass is 338 g/mol. The van der Waals surface area contributed by atoms with Crippen molar-refractivity contribution in [3.63, 3.8) is 0 Å². The van der Waals surface area contributed by atoms with Gasteiger partial charge in [-0.15, -0.1) is 0 Å². The molecule has 5 nitrogen and oxygen atoms in total. The SMILES string of the molecule is CC(=O)N(Cc1cccnc1)C1CCN(CCc2ccccn2)CC1. The Morgan fingerprint density at radius 1 is 1.20 bits per heavy atom. The molecule has 0 bridgehead atoms. The Kier molecular flexibility index (Phi) is 6.12. The van der Waals surface area contributed by atoms with Crippen LogP contribution in [0, 0.1) is 0 Å². The number of carbonyl (C=O) groups excluding carboxylic acids is 1. The van der Waals surface area contributed by atoms with Crippen LogP contribution in [0.1, 0.15) is 31.0 Å². The van der Waals surface area contributed by atoms with E-state index in [-0.39, 0.29) is 5.91 Å². The van der Waals surface area contributed by atoms with Gasteiger partial charge in [-0.1, -0.05) is 12.1 Å². The summed E-state index contributed by atoms with van der Waals surface area (Å²) in [4.78, 5) is 25.2. The van der Waals surface area contributed by atoms with E-state index in [1.165, 1.54) is 0 Å². The largest absolute Gasteiger partial charge is 0.335 e. The van der Waals surface area contributed by atoms with Crippen molar-refractivity contribution in [2.75, 3.05) is 19.6 Å². The second-order valence-corrected chi connectivity index (χ2v) is 6.65. The van der Waals surface area contributed by atoms with Crippen LogP contribution in [0.3, 0.4) is 0 Å². The zero-order chi connectivity index (χ0) is 17.5. The number of carbonyl (C=O) groups is 1. The summed E-state index contributed by atoms with van der Waals surface area (Å²) in [5.41, 5.74) is 2.24. The Morgan fingerprint density at radius 2 is 2.04 bits per heavy atom. The third-order valence-electron chi connectivity index (χ3n) is 4.89. The number of likely N-dealkylation sites (tertiary alicyclic amines) is 1. The molecule has 1 fully saturated rings. The summed E-state index contributed by atoms with van der Waals surface area (Å²) in [5.74, 6) is 0.149. The molecule has 1 amide bonds. The fourth-order valence-electron chi connectivity index (χ4n) is 3.46. The summed E-state index contributed by atoms with van der Waals surface area (Å²) in [6.07, 6.45) is 8.51. The van der Waals surface area contributed by atoms with E-state index in [2.05, 4.69) is 20.9 Å². The van der Waals surface area contributed by atoms with Gasteiger partial charge in [0.2, 0.25) is 5.91 Å². The van der Waals surface area contributed by atoms with Crippen LogP contribution in [-0.4, -0.2) is 51.4 Å². The highest BCUT2D eigenvalue weighted by molar-refractivity contribution is 5.73. The molecule has 3 heterocycles. The Morgan fingerprint density at radius 3 is 2.68 bits per heavy atom. The quantitative estimate of drug-likeness (QED) is 0.812. The van der Waals surface area contributed by atoms with E-state index in [1.807, 2.05) is 41.6 Å². The number of amides is 1. The summed E-state index contributed by atoms with van der Waals surface area (Å²) < 4.78 is 0. The summed E-state index contributed by atoms with van der Waals surface area (Å²) >= 11 is 0. The average Bonchev–Trinajstić information content (AvgIpc) is 2.66. The third-order valence-corrected chi connectivity index (χ3v) is 4.89. The number of nitrogens with zero attached hydrogens (tertiary/aromatic N) is 4. The molecular weight excluding hydrogens is 312 g/mol. The summed E-state index contributed by atoms with van der Waals surface area (Å²) in [6, 6.07) is 10.4. The lowest BCUT2D eigenvalue weighted by atomic mass is 10.0. The molecule has 2 aromatic heterocycles. The van der Waals surface area contributed by atoms with Gasteiger partial charge in [-0.3, -0.25) is 14.8 Å². The molecule has 5 heteroatoms. The number of pyridine rings is 2. The molecule has 0 spiro atoms. The van der Waals surface area contributed by atoms with Crippen LogP contribution in [0.4, 0.5) is 0 Å². The minimum atomic E-state index is 0.149. The van der Waals surface area contributed by atoms with Crippen molar-refractivity contribution in [1.29, 1.82) is 0 Å². The van der Waals surface area contributed by atoms with Gasteiger partial charge in [-0.2, -0.15) is 0 Å². The number of rotatable bonds is 6. The highest BCUT2D eigenvalue weighted by atomic mass is 16.2. The van der Waals surface area contributed by atoms with Gasteiger partial charge < -0.3 is 9.80 Å². The molecule has 0 unspecified atom stereocenters. The highest BCUT2D eigenvalue weighted by Gasteiger charge is 2.26. The fourth-order valence-corrected chi connectivity index (χ4v) is 3.46. The Hall–Kier alpha value is -2.27. The van der Waals surface area contributed by atoms with E-state index in [0.29, 0.717) is 12.6 Å². The van der Waals surface area contributed by atoms with Crippen LogP contribution in [0.25, 0.3) is 0 Å². The van der Waals surface area contributed by atoms with Gasteiger partial charge in [-0.25, -0.2) is 0 Å². The van der Waals surface area contributed by atoms with Gasteiger partial charge in [0.1, 0.15) is 0 Å². The first-order valence-electron chi connectivity index (χ1n) is 9.01. The molecule has 0 N–H and O–H groups in total. The van der Waals surface area contributed by atoms with Crippen molar-refractivity contribution in [1.82, 2.24) is 19.8 Å². The third kappa shape index (κ3) is 5.10. The normalized spacial score (nSPS) is 15.9. The van der Waals surface area contributed by atoms with Crippen LogP contribution >= 0.6 is 0 Å². The van der Waals surface area contributed by atoms with E-state index in [1.54, 1.807) is 13.1 Å². The molecule has 1 saturated heterocycles. The van der Waals surface area contributed by atoms with Crippen molar-refractivity contribution < 1.29 is 4.79 Å². The van der Waals surface area contributed by atoms with Crippen molar-refractivity contribution in [3.8, 4) is 0 Å². The smallest absolute Gasteiger partial charge is 0.219 e. The van der Waals surface area contributed by atoms with E-state index in [9.17, 15) is 4.79 Å². The number of aromatic nitrogens is 2. The first-order valence-corrected chi connectivity index (χ1v) is 9.01. The van der Waals surface area contributed by atoms with Crippen molar-refractivity contribution in [3.05, 3.63) is 60.2 Å². The maximum absolute atomic E-state index is 12.1. The van der Waals surface area contributed by atoms with Crippen LogP contribution in [-0.2, 0) is 17.8 Å². The standard InChI is InChI=1S/C20H26N4O/c1-17(25)24(16-18-5-4-10-21-15-18)20-8-13-23(14-9-20)12-7-19-6-2-3-11-22-19/h2-6,10-11,15,20H,7-9,12-14,16H2,1H3. The lowest BCUT2D eigenvalue weighted by Gasteiger charge is -2.38. The summed E-state index contributed by atoms with van der Waals surface area (Å²) in [6.45, 7) is 5.43. The fraction of sp³-hybridized carbons (Fsp3) is 0.450. The predicted molar refractivity (Wildman–Crippen MR) is 97.9 cm³/mol. The molecule has 0 aliphatic carbocycles. The van der Waals surface area contributed by atoms with Gasteiger partial charge in [-0.05, 0) is 36.6 Å². The van der Waals surface area contributed by atoms with Gasteiger partial charge >= 0.3 is 0 Å². The molecule has 0 radical (unpaired) electrons. The zero-order valence-corrected chi connectivity index (χ0v) is 14.8. The lowest BCUT2D eigenvalue weighted by Crippen LogP contribution is -2.46. The maximum atomic E-state index is 12.1. The Bertz CT molecular complexity index is 654. The second kappa shape index (κ2) is 8.72. The molecule has 1 aliphatic rings. The van der Waals surface area contributed by atoms with Crippen molar-refractivity contribution >= 4 is 5.91 Å². The van der Waals surface area contributed by atoms with Crippen LogP contribution < -0.4 is 0 Å². The first kappa shape index (κ1) is 17.5. The Labute approximate surface area is 149 Å². The number of hydrogen-bond donors (Lipinski definition) is 0. The minimum Gasteiger partial charge on any atom is -0.335 e. The van der Waals surface area contributed by atoms with Crippen molar-refractivity contribution in [2.45, 2.75) is 38.8 Å². The average molecular weight is 338 g/mol. The summed E-state index contributed by atoms with van der Waals surface area (Å²) in [7, 11) is 0. The molecule has 2 aromatic rings. The van der Waals surface area contributed by atoms with E-state index >= 15 is 0 Å². The predicted octanol–water partition coefficient (Wildman–Crippen LogP) is 2.53. The van der Waals surface area contributed by atoms with Gasteiger partial charge in [0.15, 0.2) is 0 Å². The minimum absolute atomic E-state index is 0.149. The topological polar surface area (TPSA) is 49.3 Å². The molecule has 1 aliphatic heterocycles. The van der Waals surface area contributed by atoms with E-state index in [0.717, 1.165) is 50.2 Å². The number of piperidine rings is 1. The zero-order valence-electron chi connectivity index (χ0n) is 14.8. The molecular formula is C20H26N4O. The van der Waals surface area contributed by atoms with Crippen LogP contribution in [0.15, 0.2) is 48.9 Å². The molecule has 0 atom stereocenters. The molecule has 132 valence electrons. The Balaban J connectivity index is 1.50. The lowest BCUT2D eigenvalue weighted by molar-refractivity contribution is -0.132. The molecule has 25 heavy (non-hydrogen) atoms. The van der Waals surface area contributed by atoms with Gasteiger partial charge in [0.25, 0.3) is 0 Å². The second-order valence-electron chi connectivity index (χ2n) is 6.65. The van der Waals surface area contributed by atoms with Gasteiger partial charge in [0, 0.05) is 69.8 Å². The first-order chi connectivity index (χ1) is 12.2. The highest BCUT2D eigenvalue weighted by Crippen LogP contribution is 2.19.